The Hall–Kier alpha value is -1.55. The SMILES string of the molecule is Cc1ccccc1OCC(=O)OCCCO. The maximum Gasteiger partial charge on any atom is 0.344 e. The van der Waals surface area contributed by atoms with Crippen LogP contribution in [0.4, 0.5) is 0 Å². The molecule has 4 nitrogen and oxygen atoms in total. The lowest BCUT2D eigenvalue weighted by Crippen LogP contribution is -2.16. The Morgan fingerprint density at radius 3 is 2.81 bits per heavy atom. The lowest BCUT2D eigenvalue weighted by atomic mass is 10.2. The summed E-state index contributed by atoms with van der Waals surface area (Å²) < 4.78 is 10.1. The number of esters is 1. The Labute approximate surface area is 94.8 Å². The Morgan fingerprint density at radius 2 is 2.12 bits per heavy atom. The van der Waals surface area contributed by atoms with Gasteiger partial charge in [-0.2, -0.15) is 0 Å². The molecule has 0 amide bonds. The van der Waals surface area contributed by atoms with Crippen LogP contribution in [0.2, 0.25) is 0 Å². The molecule has 88 valence electrons. The number of aliphatic hydroxyl groups excluding tert-OH is 1. The lowest BCUT2D eigenvalue weighted by molar-refractivity contribution is -0.146. The van der Waals surface area contributed by atoms with E-state index in [-0.39, 0.29) is 19.8 Å². The average Bonchev–Trinajstić information content (AvgIpc) is 2.28. The van der Waals surface area contributed by atoms with Gasteiger partial charge in [0, 0.05) is 13.0 Å². The summed E-state index contributed by atoms with van der Waals surface area (Å²) in [5.74, 6) is 0.262. The maximum atomic E-state index is 11.2. The third-order valence-corrected chi connectivity index (χ3v) is 2.00. The summed E-state index contributed by atoms with van der Waals surface area (Å²) >= 11 is 0. The average molecular weight is 224 g/mol. The molecule has 1 N–H and O–H groups in total. The number of ether oxygens (including phenoxy) is 2. The van der Waals surface area contributed by atoms with Gasteiger partial charge in [-0.1, -0.05) is 18.2 Å². The fraction of sp³-hybridized carbons (Fsp3) is 0.417. The van der Waals surface area contributed by atoms with Crippen molar-refractivity contribution >= 4 is 5.97 Å². The zero-order valence-corrected chi connectivity index (χ0v) is 9.31. The third-order valence-electron chi connectivity index (χ3n) is 2.00. The van der Waals surface area contributed by atoms with Gasteiger partial charge in [0.25, 0.3) is 0 Å². The van der Waals surface area contributed by atoms with Gasteiger partial charge >= 0.3 is 5.97 Å². The van der Waals surface area contributed by atoms with Crippen molar-refractivity contribution in [2.24, 2.45) is 0 Å². The third kappa shape index (κ3) is 4.31. The molecular weight excluding hydrogens is 208 g/mol. The van der Waals surface area contributed by atoms with Crippen LogP contribution in [0.25, 0.3) is 0 Å². The van der Waals surface area contributed by atoms with E-state index in [0.717, 1.165) is 5.56 Å². The summed E-state index contributed by atoms with van der Waals surface area (Å²) in [4.78, 5) is 11.2. The van der Waals surface area contributed by atoms with E-state index in [1.807, 2.05) is 25.1 Å². The molecule has 4 heteroatoms. The lowest BCUT2D eigenvalue weighted by Gasteiger charge is -2.08. The summed E-state index contributed by atoms with van der Waals surface area (Å²) in [5.41, 5.74) is 0.977. The van der Waals surface area contributed by atoms with Crippen molar-refractivity contribution in [3.05, 3.63) is 29.8 Å². The first kappa shape index (κ1) is 12.5. The van der Waals surface area contributed by atoms with Gasteiger partial charge < -0.3 is 14.6 Å². The minimum Gasteiger partial charge on any atom is -0.482 e. The van der Waals surface area contributed by atoms with Crippen LogP contribution in [-0.2, 0) is 9.53 Å². The minimum absolute atomic E-state index is 0.0198. The van der Waals surface area contributed by atoms with Gasteiger partial charge in [0.2, 0.25) is 0 Å². The van der Waals surface area contributed by atoms with Crippen LogP contribution in [0.1, 0.15) is 12.0 Å². The molecule has 0 aliphatic rings. The molecule has 16 heavy (non-hydrogen) atoms. The predicted octanol–water partition coefficient (Wildman–Crippen LogP) is 1.30. The normalized spacial score (nSPS) is 9.88. The molecule has 0 heterocycles. The number of hydrogen-bond donors (Lipinski definition) is 1. The van der Waals surface area contributed by atoms with E-state index in [9.17, 15) is 4.79 Å². The van der Waals surface area contributed by atoms with Gasteiger partial charge in [-0.15, -0.1) is 0 Å². The Morgan fingerprint density at radius 1 is 1.38 bits per heavy atom. The minimum atomic E-state index is -0.420. The number of carbonyl (C=O) groups is 1. The number of rotatable bonds is 6. The van der Waals surface area contributed by atoms with Gasteiger partial charge in [-0.3, -0.25) is 0 Å². The molecule has 0 bridgehead atoms. The van der Waals surface area contributed by atoms with Crippen molar-refractivity contribution < 1.29 is 19.4 Å². The van der Waals surface area contributed by atoms with E-state index in [1.165, 1.54) is 0 Å². The monoisotopic (exact) mass is 224 g/mol. The second-order valence-corrected chi connectivity index (χ2v) is 3.35. The molecule has 1 aromatic rings. The van der Waals surface area contributed by atoms with Crippen LogP contribution in [0.3, 0.4) is 0 Å². The first-order valence-corrected chi connectivity index (χ1v) is 5.19. The first-order chi connectivity index (χ1) is 7.74. The van der Waals surface area contributed by atoms with Crippen molar-refractivity contribution in [2.75, 3.05) is 19.8 Å². The number of hydrogen-bond acceptors (Lipinski definition) is 4. The number of aliphatic hydroxyl groups is 1. The van der Waals surface area contributed by atoms with Crippen LogP contribution in [-0.4, -0.2) is 30.9 Å². The van der Waals surface area contributed by atoms with E-state index in [4.69, 9.17) is 14.6 Å². The highest BCUT2D eigenvalue weighted by atomic mass is 16.6. The molecule has 0 aliphatic heterocycles. The van der Waals surface area contributed by atoms with Crippen LogP contribution in [0, 0.1) is 6.92 Å². The highest BCUT2D eigenvalue weighted by molar-refractivity contribution is 5.71. The smallest absolute Gasteiger partial charge is 0.344 e. The summed E-state index contributed by atoms with van der Waals surface area (Å²) in [6, 6.07) is 7.46. The van der Waals surface area contributed by atoms with Gasteiger partial charge in [0.05, 0.1) is 6.61 Å². The second kappa shape index (κ2) is 6.85. The van der Waals surface area contributed by atoms with Crippen LogP contribution in [0.5, 0.6) is 5.75 Å². The van der Waals surface area contributed by atoms with Crippen LogP contribution < -0.4 is 4.74 Å². The molecule has 0 spiro atoms. The summed E-state index contributed by atoms with van der Waals surface area (Å²) in [6.07, 6.45) is 0.454. The van der Waals surface area contributed by atoms with E-state index in [2.05, 4.69) is 0 Å². The fourth-order valence-corrected chi connectivity index (χ4v) is 1.15. The van der Waals surface area contributed by atoms with Gasteiger partial charge in [-0.25, -0.2) is 4.79 Å². The Balaban J connectivity index is 2.29. The molecule has 0 aliphatic carbocycles. The Kier molecular flexibility index (Phi) is 5.36. The molecule has 1 aromatic carbocycles. The molecule has 0 saturated carbocycles. The van der Waals surface area contributed by atoms with E-state index in [1.54, 1.807) is 6.07 Å². The fourth-order valence-electron chi connectivity index (χ4n) is 1.15. The molecule has 1 rings (SSSR count). The highest BCUT2D eigenvalue weighted by Gasteiger charge is 2.04. The zero-order valence-electron chi connectivity index (χ0n) is 9.31. The molecule has 0 atom stereocenters. The predicted molar refractivity (Wildman–Crippen MR) is 59.3 cm³/mol. The molecule has 0 saturated heterocycles. The van der Waals surface area contributed by atoms with E-state index >= 15 is 0 Å². The Bertz CT molecular complexity index is 336. The van der Waals surface area contributed by atoms with Crippen molar-refractivity contribution in [3.8, 4) is 5.75 Å². The molecule has 0 aromatic heterocycles. The van der Waals surface area contributed by atoms with Gasteiger partial charge in [0.15, 0.2) is 6.61 Å². The number of benzene rings is 1. The first-order valence-electron chi connectivity index (χ1n) is 5.19. The largest absolute Gasteiger partial charge is 0.482 e. The summed E-state index contributed by atoms with van der Waals surface area (Å²) in [5, 5.41) is 8.50. The molecular formula is C12H16O4. The standard InChI is InChI=1S/C12H16O4/c1-10-5-2-3-6-11(10)16-9-12(14)15-8-4-7-13/h2-3,5-6,13H,4,7-9H2,1H3. The molecule has 0 unspecified atom stereocenters. The zero-order chi connectivity index (χ0) is 11.8. The summed E-state index contributed by atoms with van der Waals surface area (Å²) in [7, 11) is 0. The second-order valence-electron chi connectivity index (χ2n) is 3.35. The van der Waals surface area contributed by atoms with Crippen molar-refractivity contribution in [2.45, 2.75) is 13.3 Å². The van der Waals surface area contributed by atoms with E-state index < -0.39 is 5.97 Å². The van der Waals surface area contributed by atoms with Crippen molar-refractivity contribution in [3.63, 3.8) is 0 Å². The number of para-hydroxylation sites is 1. The maximum absolute atomic E-state index is 11.2. The quantitative estimate of drug-likeness (QED) is 0.584. The topological polar surface area (TPSA) is 55.8 Å². The van der Waals surface area contributed by atoms with E-state index in [0.29, 0.717) is 12.2 Å². The molecule has 0 radical (unpaired) electrons. The molecule has 0 fully saturated rings. The van der Waals surface area contributed by atoms with Gasteiger partial charge in [-0.05, 0) is 18.6 Å². The summed E-state index contributed by atoms with van der Waals surface area (Å²) in [6.45, 7) is 2.06. The number of aryl methyl sites for hydroxylation is 1. The van der Waals surface area contributed by atoms with Gasteiger partial charge in [0.1, 0.15) is 5.75 Å². The highest BCUT2D eigenvalue weighted by Crippen LogP contribution is 2.15. The van der Waals surface area contributed by atoms with Crippen molar-refractivity contribution in [1.29, 1.82) is 0 Å². The van der Waals surface area contributed by atoms with Crippen molar-refractivity contribution in [1.82, 2.24) is 0 Å². The van der Waals surface area contributed by atoms with Crippen LogP contribution >= 0.6 is 0 Å². The number of carbonyl (C=O) groups excluding carboxylic acids is 1. The van der Waals surface area contributed by atoms with Crippen LogP contribution in [0.15, 0.2) is 24.3 Å².